The van der Waals surface area contributed by atoms with E-state index in [4.69, 9.17) is 10.5 Å². The Bertz CT molecular complexity index is 347. The second kappa shape index (κ2) is 5.05. The minimum atomic E-state index is 0.303. The number of nitrogens with two attached hydrogens (primary N) is 1. The molecule has 2 rings (SSSR count). The first-order valence-corrected chi connectivity index (χ1v) is 6.58. The van der Waals surface area contributed by atoms with Crippen molar-refractivity contribution >= 4 is 17.7 Å². The van der Waals surface area contributed by atoms with Crippen LogP contribution in [-0.2, 0) is 4.74 Å². The normalized spacial score (nSPS) is 20.8. The van der Waals surface area contributed by atoms with Crippen molar-refractivity contribution in [3.8, 4) is 0 Å². The van der Waals surface area contributed by atoms with Crippen LogP contribution in [0.3, 0.4) is 0 Å². The van der Waals surface area contributed by atoms with E-state index >= 15 is 0 Å². The summed E-state index contributed by atoms with van der Waals surface area (Å²) in [4.78, 5) is 0. The van der Waals surface area contributed by atoms with Gasteiger partial charge in [-0.25, -0.2) is 0 Å². The third-order valence-corrected chi connectivity index (χ3v) is 3.85. The molecule has 0 aliphatic carbocycles. The van der Waals surface area contributed by atoms with Crippen LogP contribution >= 0.6 is 11.8 Å². The Balaban J connectivity index is 1.97. The first-order chi connectivity index (χ1) is 7.68. The van der Waals surface area contributed by atoms with Gasteiger partial charge < -0.3 is 10.5 Å². The molecule has 1 aromatic heterocycles. The van der Waals surface area contributed by atoms with Crippen LogP contribution in [0.15, 0.2) is 5.16 Å². The van der Waals surface area contributed by atoms with Crippen LogP contribution in [0.5, 0.6) is 0 Å². The van der Waals surface area contributed by atoms with Crippen molar-refractivity contribution in [3.05, 3.63) is 0 Å². The van der Waals surface area contributed by atoms with E-state index in [1.807, 2.05) is 4.57 Å². The summed E-state index contributed by atoms with van der Waals surface area (Å²) in [5, 5.41) is 8.95. The molecule has 1 aliphatic rings. The number of hydrogen-bond acceptors (Lipinski definition) is 5. The predicted molar refractivity (Wildman–Crippen MR) is 64.5 cm³/mol. The fourth-order valence-electron chi connectivity index (χ4n) is 1.78. The topological polar surface area (TPSA) is 66.0 Å². The quantitative estimate of drug-likeness (QED) is 0.812. The van der Waals surface area contributed by atoms with Crippen LogP contribution in [-0.4, -0.2) is 33.7 Å². The Morgan fingerprint density at radius 3 is 3.00 bits per heavy atom. The van der Waals surface area contributed by atoms with Gasteiger partial charge in [0.1, 0.15) is 0 Å². The van der Waals surface area contributed by atoms with Gasteiger partial charge in [0.2, 0.25) is 5.95 Å². The molecule has 1 saturated heterocycles. The van der Waals surface area contributed by atoms with Crippen molar-refractivity contribution in [2.75, 3.05) is 24.7 Å². The smallest absolute Gasteiger partial charge is 0.222 e. The van der Waals surface area contributed by atoms with Crippen molar-refractivity contribution in [2.45, 2.75) is 31.5 Å². The standard InChI is InChI=1S/C10H18N4OS/c1-7(2)14-9(11)12-13-10(14)16-6-8-3-4-15-5-8/h7-8H,3-6H2,1-2H3,(H2,11,12). The van der Waals surface area contributed by atoms with Gasteiger partial charge in [-0.05, 0) is 26.2 Å². The molecular weight excluding hydrogens is 224 g/mol. The summed E-state index contributed by atoms with van der Waals surface area (Å²) >= 11 is 1.72. The Labute approximate surface area is 99.7 Å². The second-order valence-corrected chi connectivity index (χ2v) is 5.33. The first kappa shape index (κ1) is 11.7. The number of ether oxygens (including phenoxy) is 1. The Hall–Kier alpha value is -0.750. The van der Waals surface area contributed by atoms with Crippen molar-refractivity contribution in [1.82, 2.24) is 14.8 Å². The molecule has 5 nitrogen and oxygen atoms in total. The summed E-state index contributed by atoms with van der Waals surface area (Å²) in [6.07, 6.45) is 1.15. The summed E-state index contributed by atoms with van der Waals surface area (Å²) in [6.45, 7) is 5.94. The monoisotopic (exact) mass is 242 g/mol. The van der Waals surface area contributed by atoms with E-state index in [1.165, 1.54) is 0 Å². The van der Waals surface area contributed by atoms with E-state index in [9.17, 15) is 0 Å². The Morgan fingerprint density at radius 1 is 1.56 bits per heavy atom. The number of hydrogen-bond donors (Lipinski definition) is 1. The van der Waals surface area contributed by atoms with Gasteiger partial charge in [0.15, 0.2) is 5.16 Å². The Kier molecular flexibility index (Phi) is 3.70. The van der Waals surface area contributed by atoms with E-state index in [0.29, 0.717) is 17.9 Å². The summed E-state index contributed by atoms with van der Waals surface area (Å²) in [7, 11) is 0. The number of thioether (sulfide) groups is 1. The van der Waals surface area contributed by atoms with Crippen LogP contribution in [0.2, 0.25) is 0 Å². The average molecular weight is 242 g/mol. The van der Waals surface area contributed by atoms with Crippen LogP contribution in [0.4, 0.5) is 5.95 Å². The maximum atomic E-state index is 5.78. The third kappa shape index (κ3) is 2.49. The molecule has 2 N–H and O–H groups in total. The van der Waals surface area contributed by atoms with E-state index in [1.54, 1.807) is 11.8 Å². The van der Waals surface area contributed by atoms with Gasteiger partial charge in [-0.1, -0.05) is 11.8 Å². The molecule has 0 amide bonds. The van der Waals surface area contributed by atoms with Crippen LogP contribution < -0.4 is 5.73 Å². The van der Waals surface area contributed by atoms with Crippen molar-refractivity contribution in [3.63, 3.8) is 0 Å². The molecule has 0 radical (unpaired) electrons. The van der Waals surface area contributed by atoms with E-state index in [-0.39, 0.29) is 0 Å². The van der Waals surface area contributed by atoms with Gasteiger partial charge in [0, 0.05) is 18.4 Å². The first-order valence-electron chi connectivity index (χ1n) is 5.59. The highest BCUT2D eigenvalue weighted by molar-refractivity contribution is 7.99. The number of rotatable bonds is 4. The van der Waals surface area contributed by atoms with E-state index in [0.717, 1.165) is 30.5 Å². The summed E-state index contributed by atoms with van der Waals surface area (Å²) < 4.78 is 7.32. The van der Waals surface area contributed by atoms with Crippen molar-refractivity contribution in [2.24, 2.45) is 5.92 Å². The maximum Gasteiger partial charge on any atom is 0.222 e. The molecule has 1 aliphatic heterocycles. The zero-order valence-electron chi connectivity index (χ0n) is 9.72. The molecule has 90 valence electrons. The summed E-state index contributed by atoms with van der Waals surface area (Å²) in [6, 6.07) is 0.303. The highest BCUT2D eigenvalue weighted by Crippen LogP contribution is 2.26. The minimum absolute atomic E-state index is 0.303. The molecule has 0 bridgehead atoms. The summed E-state index contributed by atoms with van der Waals surface area (Å²) in [5.41, 5.74) is 5.78. The average Bonchev–Trinajstić information content (AvgIpc) is 2.83. The number of nitrogen functional groups attached to an aromatic ring is 1. The zero-order chi connectivity index (χ0) is 11.5. The minimum Gasteiger partial charge on any atom is -0.381 e. The largest absolute Gasteiger partial charge is 0.381 e. The predicted octanol–water partition coefficient (Wildman–Crippen LogP) is 1.57. The van der Waals surface area contributed by atoms with Crippen molar-refractivity contribution in [1.29, 1.82) is 0 Å². The summed E-state index contributed by atoms with van der Waals surface area (Å²) in [5.74, 6) is 2.17. The molecule has 0 spiro atoms. The molecule has 0 saturated carbocycles. The molecule has 1 aromatic rings. The lowest BCUT2D eigenvalue weighted by molar-refractivity contribution is 0.189. The fraction of sp³-hybridized carbons (Fsp3) is 0.800. The molecule has 1 unspecified atom stereocenters. The van der Waals surface area contributed by atoms with Crippen LogP contribution in [0.25, 0.3) is 0 Å². The Morgan fingerprint density at radius 2 is 2.38 bits per heavy atom. The van der Waals surface area contributed by atoms with Crippen molar-refractivity contribution < 1.29 is 4.74 Å². The molecule has 0 aromatic carbocycles. The molecular formula is C10H18N4OS. The van der Waals surface area contributed by atoms with Gasteiger partial charge in [0.05, 0.1) is 6.61 Å². The van der Waals surface area contributed by atoms with Crippen LogP contribution in [0.1, 0.15) is 26.3 Å². The van der Waals surface area contributed by atoms with Gasteiger partial charge in [-0.2, -0.15) is 0 Å². The maximum absolute atomic E-state index is 5.78. The highest BCUT2D eigenvalue weighted by atomic mass is 32.2. The zero-order valence-corrected chi connectivity index (χ0v) is 10.5. The molecule has 6 heteroatoms. The fourth-order valence-corrected chi connectivity index (χ4v) is 2.97. The number of anilines is 1. The number of nitrogens with zero attached hydrogens (tertiary/aromatic N) is 3. The number of aromatic nitrogens is 3. The third-order valence-electron chi connectivity index (χ3n) is 2.68. The van der Waals surface area contributed by atoms with Gasteiger partial charge in [-0.3, -0.25) is 4.57 Å². The lowest BCUT2D eigenvalue weighted by atomic mass is 10.2. The lowest BCUT2D eigenvalue weighted by Crippen LogP contribution is -2.08. The highest BCUT2D eigenvalue weighted by Gasteiger charge is 2.19. The van der Waals surface area contributed by atoms with Gasteiger partial charge in [0.25, 0.3) is 0 Å². The molecule has 1 atom stereocenters. The van der Waals surface area contributed by atoms with Gasteiger partial charge in [-0.15, -0.1) is 10.2 Å². The van der Waals surface area contributed by atoms with E-state index in [2.05, 4.69) is 24.0 Å². The second-order valence-electron chi connectivity index (χ2n) is 4.35. The SMILES string of the molecule is CC(C)n1c(N)nnc1SCC1CCOC1. The molecule has 1 fully saturated rings. The molecule has 16 heavy (non-hydrogen) atoms. The van der Waals surface area contributed by atoms with Gasteiger partial charge >= 0.3 is 0 Å². The molecule has 2 heterocycles. The van der Waals surface area contributed by atoms with Crippen LogP contribution in [0, 0.1) is 5.92 Å². The van der Waals surface area contributed by atoms with E-state index < -0.39 is 0 Å². The lowest BCUT2D eigenvalue weighted by Gasteiger charge is -2.12.